The van der Waals surface area contributed by atoms with E-state index < -0.39 is 5.97 Å². The smallest absolute Gasteiger partial charge is 0.346 e. The summed E-state index contributed by atoms with van der Waals surface area (Å²) in [6.45, 7) is 0. The van der Waals surface area contributed by atoms with Gasteiger partial charge < -0.3 is 10.1 Å². The van der Waals surface area contributed by atoms with E-state index in [9.17, 15) is 4.79 Å². The predicted octanol–water partition coefficient (Wildman–Crippen LogP) is 7.41. The molecule has 0 atom stereocenters. The van der Waals surface area contributed by atoms with Gasteiger partial charge in [-0.25, -0.2) is 9.78 Å². The van der Waals surface area contributed by atoms with Crippen LogP contribution >= 0.6 is 11.3 Å². The number of H-pyrrole nitrogens is 1. The largest absolute Gasteiger partial charge is 0.477 e. The van der Waals surface area contributed by atoms with E-state index in [4.69, 9.17) is 15.4 Å². The number of aromatic nitrogens is 3. The average Bonchev–Trinajstić information content (AvgIpc) is 3.70. The fourth-order valence-corrected chi connectivity index (χ4v) is 5.41. The molecule has 0 aliphatic rings. The lowest BCUT2D eigenvalue weighted by atomic mass is 10.1. The topological polar surface area (TPSA) is 94.7 Å². The van der Waals surface area contributed by atoms with Gasteiger partial charge in [0.25, 0.3) is 0 Å². The fourth-order valence-electron chi connectivity index (χ4n) is 4.42. The van der Waals surface area contributed by atoms with Crippen molar-refractivity contribution in [2.45, 2.75) is 0 Å². The molecule has 6 nitrogen and oxygen atoms in total. The first-order chi connectivity index (χ1) is 18.6. The maximum absolute atomic E-state index is 11.1. The van der Waals surface area contributed by atoms with Crippen LogP contribution in [0, 0.1) is 11.3 Å². The molecule has 2 N–H and O–H groups in total. The summed E-state index contributed by atoms with van der Waals surface area (Å²) in [5, 5.41) is 18.1. The standard InChI is InChI=1S/C31H20N4O2S/c32-19-22(31(36)37)18-23-14-15-26(33-23)29-17-16-28(38-29)20-10-12-21(13-11-20)30-34-25-8-4-5-9-27(25)35(30)24-6-2-1-3-7-24/h1-18,33H,(H,36,37)/b22-18-. The third-order valence-corrected chi connectivity index (χ3v) is 7.40. The van der Waals surface area contributed by atoms with Gasteiger partial charge in [0.1, 0.15) is 17.5 Å². The van der Waals surface area contributed by atoms with Crippen LogP contribution in [0.15, 0.2) is 109 Å². The molecular weight excluding hydrogens is 492 g/mol. The minimum atomic E-state index is -1.25. The Kier molecular flexibility index (Phi) is 5.92. The van der Waals surface area contributed by atoms with Crippen molar-refractivity contribution >= 4 is 34.4 Å². The van der Waals surface area contributed by atoms with Crippen molar-refractivity contribution in [1.82, 2.24) is 14.5 Å². The predicted molar refractivity (Wildman–Crippen MR) is 151 cm³/mol. The van der Waals surface area contributed by atoms with E-state index in [1.165, 1.54) is 6.08 Å². The molecule has 0 radical (unpaired) electrons. The summed E-state index contributed by atoms with van der Waals surface area (Å²) in [6.07, 6.45) is 1.34. The second-order valence-corrected chi connectivity index (χ2v) is 9.72. The van der Waals surface area contributed by atoms with Crippen LogP contribution in [0.2, 0.25) is 0 Å². The number of nitrogens with zero attached hydrogens (tertiary/aromatic N) is 3. The molecule has 38 heavy (non-hydrogen) atoms. The highest BCUT2D eigenvalue weighted by Gasteiger charge is 2.15. The number of para-hydroxylation sites is 3. The molecule has 0 aliphatic carbocycles. The minimum absolute atomic E-state index is 0.314. The summed E-state index contributed by atoms with van der Waals surface area (Å²) < 4.78 is 2.19. The number of aromatic amines is 1. The van der Waals surface area contributed by atoms with Gasteiger partial charge in [0, 0.05) is 21.8 Å². The van der Waals surface area contributed by atoms with E-state index in [1.54, 1.807) is 23.5 Å². The van der Waals surface area contributed by atoms with Gasteiger partial charge in [-0.2, -0.15) is 5.26 Å². The SMILES string of the molecule is N#C/C(=C/c1ccc(-c2ccc(-c3ccc(-c4nc5ccccc5n4-c4ccccc4)cc3)s2)[nH]1)C(=O)O. The van der Waals surface area contributed by atoms with Gasteiger partial charge in [-0.15, -0.1) is 11.3 Å². The lowest BCUT2D eigenvalue weighted by Crippen LogP contribution is -1.97. The number of carbonyl (C=O) groups is 1. The molecule has 3 aromatic carbocycles. The number of hydrogen-bond acceptors (Lipinski definition) is 4. The van der Waals surface area contributed by atoms with Crippen LogP contribution in [0.5, 0.6) is 0 Å². The highest BCUT2D eigenvalue weighted by molar-refractivity contribution is 7.18. The summed E-state index contributed by atoms with van der Waals surface area (Å²) in [5.41, 5.74) is 6.31. The van der Waals surface area contributed by atoms with Gasteiger partial charge in [0.05, 0.1) is 21.6 Å². The van der Waals surface area contributed by atoms with Gasteiger partial charge in [0.2, 0.25) is 0 Å². The number of fused-ring (bicyclic) bond motifs is 1. The number of carboxylic acid groups (broad SMARTS) is 1. The van der Waals surface area contributed by atoms with Crippen LogP contribution in [-0.4, -0.2) is 25.6 Å². The number of carboxylic acids is 1. The Labute approximate surface area is 222 Å². The Balaban J connectivity index is 1.31. The van der Waals surface area contributed by atoms with Crippen molar-refractivity contribution in [3.05, 3.63) is 114 Å². The Morgan fingerprint density at radius 3 is 2.34 bits per heavy atom. The van der Waals surface area contributed by atoms with Gasteiger partial charge in [-0.05, 0) is 60.2 Å². The molecule has 0 aliphatic heterocycles. The number of rotatable bonds is 6. The first-order valence-electron chi connectivity index (χ1n) is 11.9. The third kappa shape index (κ3) is 4.30. The van der Waals surface area contributed by atoms with Crippen molar-refractivity contribution in [3.8, 4) is 44.2 Å². The molecule has 6 aromatic rings. The van der Waals surface area contributed by atoms with E-state index in [-0.39, 0.29) is 5.57 Å². The Hall–Kier alpha value is -5.19. The first kappa shape index (κ1) is 23.2. The quantitative estimate of drug-likeness (QED) is 0.179. The molecule has 0 unspecified atom stereocenters. The molecule has 0 bridgehead atoms. The molecule has 7 heteroatoms. The zero-order valence-electron chi connectivity index (χ0n) is 20.0. The van der Waals surface area contributed by atoms with Crippen LogP contribution < -0.4 is 0 Å². The minimum Gasteiger partial charge on any atom is -0.477 e. The number of thiophene rings is 1. The van der Waals surface area contributed by atoms with Crippen LogP contribution in [0.25, 0.3) is 55.2 Å². The lowest BCUT2D eigenvalue weighted by molar-refractivity contribution is -0.132. The molecule has 182 valence electrons. The molecule has 3 heterocycles. The van der Waals surface area contributed by atoms with Crippen molar-refractivity contribution in [3.63, 3.8) is 0 Å². The van der Waals surface area contributed by atoms with Gasteiger partial charge >= 0.3 is 5.97 Å². The number of nitriles is 1. The number of hydrogen-bond donors (Lipinski definition) is 2. The molecule has 6 rings (SSSR count). The number of aliphatic carboxylic acids is 1. The Bertz CT molecular complexity index is 1850. The van der Waals surface area contributed by atoms with Crippen LogP contribution in [0.3, 0.4) is 0 Å². The average molecular weight is 513 g/mol. The van der Waals surface area contributed by atoms with Crippen molar-refractivity contribution in [2.75, 3.05) is 0 Å². The van der Waals surface area contributed by atoms with Crippen LogP contribution in [0.1, 0.15) is 5.69 Å². The second-order valence-electron chi connectivity index (χ2n) is 8.64. The summed E-state index contributed by atoms with van der Waals surface area (Å²) in [4.78, 5) is 21.4. The van der Waals surface area contributed by atoms with Crippen LogP contribution in [-0.2, 0) is 4.79 Å². The number of imidazole rings is 1. The molecule has 0 spiro atoms. The summed E-state index contributed by atoms with van der Waals surface area (Å²) in [6, 6.07) is 36.3. The van der Waals surface area contributed by atoms with Crippen molar-refractivity contribution < 1.29 is 9.90 Å². The van der Waals surface area contributed by atoms with Gasteiger partial charge in [-0.3, -0.25) is 4.57 Å². The molecule has 0 saturated heterocycles. The summed E-state index contributed by atoms with van der Waals surface area (Å²) in [5.74, 6) is -0.356. The molecule has 0 fully saturated rings. The van der Waals surface area contributed by atoms with Gasteiger partial charge in [0.15, 0.2) is 0 Å². The zero-order valence-corrected chi connectivity index (χ0v) is 20.8. The Morgan fingerprint density at radius 2 is 1.58 bits per heavy atom. The Morgan fingerprint density at radius 1 is 0.868 bits per heavy atom. The first-order valence-corrected chi connectivity index (χ1v) is 12.7. The van der Waals surface area contributed by atoms with Crippen LogP contribution in [0.4, 0.5) is 0 Å². The lowest BCUT2D eigenvalue weighted by Gasteiger charge is -2.10. The van der Waals surface area contributed by atoms with E-state index in [0.717, 1.165) is 49.1 Å². The normalized spacial score (nSPS) is 11.5. The molecule has 3 aromatic heterocycles. The molecule has 0 amide bonds. The second kappa shape index (κ2) is 9.69. The van der Waals surface area contributed by atoms with E-state index in [1.807, 2.05) is 48.5 Å². The van der Waals surface area contributed by atoms with E-state index in [0.29, 0.717) is 5.69 Å². The number of benzene rings is 3. The maximum atomic E-state index is 11.1. The monoisotopic (exact) mass is 512 g/mol. The highest BCUT2D eigenvalue weighted by Crippen LogP contribution is 2.36. The van der Waals surface area contributed by atoms with E-state index in [2.05, 4.69) is 58.1 Å². The van der Waals surface area contributed by atoms with Crippen molar-refractivity contribution in [1.29, 1.82) is 5.26 Å². The van der Waals surface area contributed by atoms with Crippen molar-refractivity contribution in [2.24, 2.45) is 0 Å². The van der Waals surface area contributed by atoms with Gasteiger partial charge in [-0.1, -0.05) is 54.6 Å². The fraction of sp³-hybridized carbons (Fsp3) is 0. The maximum Gasteiger partial charge on any atom is 0.346 e. The summed E-state index contributed by atoms with van der Waals surface area (Å²) in [7, 11) is 0. The third-order valence-electron chi connectivity index (χ3n) is 6.23. The zero-order chi connectivity index (χ0) is 26.1. The highest BCUT2D eigenvalue weighted by atomic mass is 32.1. The number of nitrogens with one attached hydrogen (secondary N) is 1. The summed E-state index contributed by atoms with van der Waals surface area (Å²) >= 11 is 1.63. The molecular formula is C31H20N4O2S. The van der Waals surface area contributed by atoms with E-state index >= 15 is 0 Å². The molecule has 0 saturated carbocycles.